The van der Waals surface area contributed by atoms with Gasteiger partial charge in [-0.25, -0.2) is 4.98 Å². The summed E-state index contributed by atoms with van der Waals surface area (Å²) >= 11 is 3.40. The second kappa shape index (κ2) is 10.2. The Labute approximate surface area is 185 Å². The van der Waals surface area contributed by atoms with E-state index in [9.17, 15) is 4.79 Å². The minimum atomic E-state index is -0.253. The predicted octanol–water partition coefficient (Wildman–Crippen LogP) is 4.68. The van der Waals surface area contributed by atoms with Gasteiger partial charge in [-0.05, 0) is 56.6 Å². The van der Waals surface area contributed by atoms with Crippen molar-refractivity contribution in [2.24, 2.45) is 0 Å². The van der Waals surface area contributed by atoms with Crippen molar-refractivity contribution in [1.29, 1.82) is 0 Å². The third kappa shape index (κ3) is 5.37. The summed E-state index contributed by atoms with van der Waals surface area (Å²) in [5.41, 5.74) is 1.38. The van der Waals surface area contributed by atoms with Crippen LogP contribution in [0.1, 0.15) is 22.0 Å². The van der Waals surface area contributed by atoms with Crippen LogP contribution in [0.25, 0.3) is 0 Å². The van der Waals surface area contributed by atoms with E-state index in [0.29, 0.717) is 17.9 Å². The van der Waals surface area contributed by atoms with Crippen LogP contribution in [0.4, 0.5) is 0 Å². The third-order valence-corrected chi connectivity index (χ3v) is 5.15. The fourth-order valence-electron chi connectivity index (χ4n) is 3.06. The topological polar surface area (TPSA) is 63.7 Å². The van der Waals surface area contributed by atoms with E-state index in [1.807, 2.05) is 67.5 Å². The molecule has 156 valence electrons. The highest BCUT2D eigenvalue weighted by atomic mass is 79.9. The van der Waals surface area contributed by atoms with Crippen molar-refractivity contribution in [3.8, 4) is 17.4 Å². The van der Waals surface area contributed by atoms with Crippen LogP contribution in [0, 0.1) is 0 Å². The van der Waals surface area contributed by atoms with Crippen LogP contribution in [0.2, 0.25) is 0 Å². The Kier molecular flexibility index (Phi) is 7.43. The van der Waals surface area contributed by atoms with Crippen molar-refractivity contribution in [2.75, 3.05) is 27.7 Å². The summed E-state index contributed by atoms with van der Waals surface area (Å²) in [7, 11) is 5.58. The van der Waals surface area contributed by atoms with Gasteiger partial charge in [0.25, 0.3) is 5.91 Å². The summed E-state index contributed by atoms with van der Waals surface area (Å²) in [6, 6.07) is 18.5. The maximum atomic E-state index is 12.9. The largest absolute Gasteiger partial charge is 0.496 e. The molecule has 0 aliphatic rings. The molecule has 2 aromatic carbocycles. The predicted molar refractivity (Wildman–Crippen MR) is 120 cm³/mol. The number of carbonyl (C=O) groups is 1. The number of likely N-dealkylation sites (N-methyl/N-ethyl adjacent to an activating group) is 1. The molecule has 1 amide bonds. The van der Waals surface area contributed by atoms with Gasteiger partial charge in [-0.2, -0.15) is 0 Å². The number of nitrogens with zero attached hydrogens (tertiary/aromatic N) is 2. The molecule has 1 atom stereocenters. The minimum absolute atomic E-state index is 0.0578. The van der Waals surface area contributed by atoms with E-state index >= 15 is 0 Å². The molecule has 1 unspecified atom stereocenters. The van der Waals surface area contributed by atoms with Crippen LogP contribution in [-0.2, 0) is 0 Å². The van der Waals surface area contributed by atoms with Gasteiger partial charge in [-0.1, -0.05) is 34.1 Å². The van der Waals surface area contributed by atoms with E-state index in [-0.39, 0.29) is 17.8 Å². The monoisotopic (exact) mass is 469 g/mol. The fraction of sp³-hybridized carbons (Fsp3) is 0.217. The number of hydrogen-bond donors (Lipinski definition) is 1. The van der Waals surface area contributed by atoms with E-state index in [0.717, 1.165) is 15.8 Å². The number of methoxy groups -OCH3 is 1. The van der Waals surface area contributed by atoms with Crippen molar-refractivity contribution >= 4 is 21.8 Å². The van der Waals surface area contributed by atoms with Crippen molar-refractivity contribution in [2.45, 2.75) is 6.04 Å². The van der Waals surface area contributed by atoms with Crippen molar-refractivity contribution in [3.05, 3.63) is 82.5 Å². The highest BCUT2D eigenvalue weighted by Gasteiger charge is 2.21. The van der Waals surface area contributed by atoms with Crippen LogP contribution in [0.5, 0.6) is 17.4 Å². The fourth-order valence-corrected chi connectivity index (χ4v) is 3.32. The van der Waals surface area contributed by atoms with Gasteiger partial charge in [-0.15, -0.1) is 0 Å². The zero-order chi connectivity index (χ0) is 21.5. The summed E-state index contributed by atoms with van der Waals surface area (Å²) < 4.78 is 12.3. The number of amides is 1. The molecule has 0 radical (unpaired) electrons. The average molecular weight is 470 g/mol. The summed E-state index contributed by atoms with van der Waals surface area (Å²) in [5.74, 6) is 1.39. The number of para-hydroxylation sites is 1. The van der Waals surface area contributed by atoms with Gasteiger partial charge in [0.15, 0.2) is 0 Å². The molecule has 0 aliphatic carbocycles. The first kappa shape index (κ1) is 21.8. The summed E-state index contributed by atoms with van der Waals surface area (Å²) in [5, 5.41) is 3.00. The molecule has 0 saturated carbocycles. The van der Waals surface area contributed by atoms with E-state index < -0.39 is 0 Å². The van der Waals surface area contributed by atoms with Gasteiger partial charge < -0.3 is 19.7 Å². The molecule has 3 aromatic rings. The number of carbonyl (C=O) groups excluding carboxylic acids is 1. The first-order chi connectivity index (χ1) is 14.5. The smallest absolute Gasteiger partial charge is 0.256 e. The Bertz CT molecular complexity index is 993. The van der Waals surface area contributed by atoms with Gasteiger partial charge in [0, 0.05) is 22.8 Å². The molecular weight excluding hydrogens is 446 g/mol. The van der Waals surface area contributed by atoms with Gasteiger partial charge in [0.2, 0.25) is 5.88 Å². The lowest BCUT2D eigenvalue weighted by Gasteiger charge is -2.26. The van der Waals surface area contributed by atoms with Crippen molar-refractivity contribution in [3.63, 3.8) is 0 Å². The number of hydrogen-bond acceptors (Lipinski definition) is 5. The SMILES string of the molecule is COc1ccccc1C(CNC(=O)c1cccnc1Oc1ccc(Br)cc1)N(C)C. The molecule has 30 heavy (non-hydrogen) atoms. The second-order valence-electron chi connectivity index (χ2n) is 6.84. The summed E-state index contributed by atoms with van der Waals surface area (Å²) in [6.07, 6.45) is 1.60. The van der Waals surface area contributed by atoms with Gasteiger partial charge in [0.05, 0.1) is 13.2 Å². The molecule has 7 heteroatoms. The number of pyridine rings is 1. The van der Waals surface area contributed by atoms with Crippen molar-refractivity contribution in [1.82, 2.24) is 15.2 Å². The Hall–Kier alpha value is -2.90. The van der Waals surface area contributed by atoms with Gasteiger partial charge in [0.1, 0.15) is 17.1 Å². The Morgan fingerprint density at radius 3 is 2.53 bits per heavy atom. The molecule has 3 rings (SSSR count). The van der Waals surface area contributed by atoms with Crippen LogP contribution < -0.4 is 14.8 Å². The van der Waals surface area contributed by atoms with Crippen molar-refractivity contribution < 1.29 is 14.3 Å². The maximum absolute atomic E-state index is 12.9. The highest BCUT2D eigenvalue weighted by molar-refractivity contribution is 9.10. The van der Waals surface area contributed by atoms with E-state index in [1.54, 1.807) is 25.4 Å². The number of rotatable bonds is 8. The van der Waals surface area contributed by atoms with Gasteiger partial charge in [-0.3, -0.25) is 4.79 Å². The van der Waals surface area contributed by atoms with Crippen LogP contribution in [0.3, 0.4) is 0 Å². The normalized spacial score (nSPS) is 11.8. The molecule has 1 heterocycles. The summed E-state index contributed by atoms with van der Waals surface area (Å²) in [6.45, 7) is 0.402. The quantitative estimate of drug-likeness (QED) is 0.518. The zero-order valence-electron chi connectivity index (χ0n) is 17.1. The Morgan fingerprint density at radius 1 is 1.10 bits per heavy atom. The van der Waals surface area contributed by atoms with E-state index in [1.165, 1.54) is 0 Å². The lowest BCUT2D eigenvalue weighted by Crippen LogP contribution is -2.35. The number of halogens is 1. The molecule has 0 fully saturated rings. The zero-order valence-corrected chi connectivity index (χ0v) is 18.7. The van der Waals surface area contributed by atoms with Gasteiger partial charge >= 0.3 is 0 Å². The molecule has 0 spiro atoms. The molecule has 0 bridgehead atoms. The number of aromatic nitrogens is 1. The minimum Gasteiger partial charge on any atom is -0.496 e. The van der Waals surface area contributed by atoms with Crippen LogP contribution >= 0.6 is 15.9 Å². The average Bonchev–Trinajstić information content (AvgIpc) is 2.76. The molecule has 1 N–H and O–H groups in total. The van der Waals surface area contributed by atoms with E-state index in [2.05, 4.69) is 26.2 Å². The standard InChI is InChI=1S/C23H24BrN3O3/c1-27(2)20(18-7-4-5-9-21(18)29-3)15-26-22(28)19-8-6-14-25-23(19)30-17-12-10-16(24)11-13-17/h4-14,20H,15H2,1-3H3,(H,26,28). The van der Waals surface area contributed by atoms with E-state index in [4.69, 9.17) is 9.47 Å². The number of benzene rings is 2. The third-order valence-electron chi connectivity index (χ3n) is 4.62. The molecular formula is C23H24BrN3O3. The van der Waals surface area contributed by atoms with Crippen LogP contribution in [0.15, 0.2) is 71.3 Å². The first-order valence-corrected chi connectivity index (χ1v) is 10.2. The lowest BCUT2D eigenvalue weighted by atomic mass is 10.0. The maximum Gasteiger partial charge on any atom is 0.256 e. The Balaban J connectivity index is 1.76. The molecule has 1 aromatic heterocycles. The summed E-state index contributed by atoms with van der Waals surface area (Å²) in [4.78, 5) is 19.2. The number of nitrogens with one attached hydrogen (secondary N) is 1. The van der Waals surface area contributed by atoms with Crippen LogP contribution in [-0.4, -0.2) is 43.5 Å². The lowest BCUT2D eigenvalue weighted by molar-refractivity contribution is 0.0938. The Morgan fingerprint density at radius 2 is 1.83 bits per heavy atom. The molecule has 0 saturated heterocycles. The number of ether oxygens (including phenoxy) is 2. The molecule has 6 nitrogen and oxygen atoms in total. The second-order valence-corrected chi connectivity index (χ2v) is 7.76. The molecule has 0 aliphatic heterocycles. The highest BCUT2D eigenvalue weighted by Crippen LogP contribution is 2.28. The first-order valence-electron chi connectivity index (χ1n) is 9.45.